The molecule has 1 heterocycles. The standard InChI is InChI=1S/C18H13F3N2O2/c19-18(20,21)12-3-5-13(6-4-12)22-14-7-9-15(10-8-14)23-17(24)16-2-1-11-25-16/h1-11,22H,(H,23,24). The van der Waals surface area contributed by atoms with Crippen LogP contribution in [0.25, 0.3) is 0 Å². The fourth-order valence-electron chi connectivity index (χ4n) is 2.15. The molecule has 0 fully saturated rings. The van der Waals surface area contributed by atoms with E-state index in [1.165, 1.54) is 18.4 Å². The summed E-state index contributed by atoms with van der Waals surface area (Å²) in [5.41, 5.74) is 1.07. The number of anilines is 3. The van der Waals surface area contributed by atoms with Gasteiger partial charge in [0.15, 0.2) is 5.76 Å². The predicted octanol–water partition coefficient (Wildman–Crippen LogP) is 5.29. The third-order valence-electron chi connectivity index (χ3n) is 3.39. The average molecular weight is 346 g/mol. The first-order valence-electron chi connectivity index (χ1n) is 7.31. The van der Waals surface area contributed by atoms with E-state index in [9.17, 15) is 18.0 Å². The Kier molecular flexibility index (Phi) is 4.47. The smallest absolute Gasteiger partial charge is 0.416 e. The minimum absolute atomic E-state index is 0.201. The van der Waals surface area contributed by atoms with Gasteiger partial charge in [0.25, 0.3) is 5.91 Å². The van der Waals surface area contributed by atoms with Gasteiger partial charge >= 0.3 is 6.18 Å². The molecule has 2 aromatic carbocycles. The quantitative estimate of drug-likeness (QED) is 0.674. The van der Waals surface area contributed by atoms with Crippen LogP contribution in [0, 0.1) is 0 Å². The van der Waals surface area contributed by atoms with Gasteiger partial charge in [-0.05, 0) is 60.7 Å². The van der Waals surface area contributed by atoms with Crippen LogP contribution in [0.4, 0.5) is 30.2 Å². The zero-order valence-electron chi connectivity index (χ0n) is 12.8. The second-order valence-corrected chi connectivity index (χ2v) is 5.21. The topological polar surface area (TPSA) is 54.3 Å². The largest absolute Gasteiger partial charge is 0.459 e. The third kappa shape index (κ3) is 4.20. The van der Waals surface area contributed by atoms with E-state index in [0.717, 1.165) is 12.1 Å². The maximum absolute atomic E-state index is 12.5. The van der Waals surface area contributed by atoms with E-state index in [2.05, 4.69) is 10.6 Å². The highest BCUT2D eigenvalue weighted by Crippen LogP contribution is 2.30. The summed E-state index contributed by atoms with van der Waals surface area (Å²) in [6.45, 7) is 0. The fourth-order valence-corrected chi connectivity index (χ4v) is 2.15. The molecule has 0 radical (unpaired) electrons. The van der Waals surface area contributed by atoms with Gasteiger partial charge in [-0.1, -0.05) is 0 Å². The molecule has 0 aliphatic carbocycles. The van der Waals surface area contributed by atoms with E-state index in [-0.39, 0.29) is 11.7 Å². The summed E-state index contributed by atoms with van der Waals surface area (Å²) in [7, 11) is 0. The van der Waals surface area contributed by atoms with Crippen LogP contribution < -0.4 is 10.6 Å². The molecule has 0 unspecified atom stereocenters. The molecule has 1 aromatic heterocycles. The van der Waals surface area contributed by atoms with E-state index in [1.54, 1.807) is 36.4 Å². The Morgan fingerprint density at radius 2 is 1.40 bits per heavy atom. The van der Waals surface area contributed by atoms with Crippen LogP contribution in [0.5, 0.6) is 0 Å². The molecule has 0 aliphatic rings. The van der Waals surface area contributed by atoms with Crippen LogP contribution in [0.3, 0.4) is 0 Å². The summed E-state index contributed by atoms with van der Waals surface area (Å²) < 4.78 is 42.6. The first kappa shape index (κ1) is 16.6. The Morgan fingerprint density at radius 1 is 0.840 bits per heavy atom. The van der Waals surface area contributed by atoms with Crippen molar-refractivity contribution in [3.05, 3.63) is 78.3 Å². The Bertz CT molecular complexity index is 840. The molecule has 25 heavy (non-hydrogen) atoms. The molecule has 7 heteroatoms. The molecule has 4 nitrogen and oxygen atoms in total. The number of nitrogens with one attached hydrogen (secondary N) is 2. The summed E-state index contributed by atoms with van der Waals surface area (Å²) >= 11 is 0. The lowest BCUT2D eigenvalue weighted by Gasteiger charge is -2.10. The summed E-state index contributed by atoms with van der Waals surface area (Å²) in [6, 6.07) is 14.7. The molecule has 128 valence electrons. The molecular weight excluding hydrogens is 333 g/mol. The molecule has 0 saturated carbocycles. The zero-order valence-corrected chi connectivity index (χ0v) is 12.8. The van der Waals surface area contributed by atoms with Crippen molar-refractivity contribution in [3.8, 4) is 0 Å². The van der Waals surface area contributed by atoms with Crippen LogP contribution in [-0.4, -0.2) is 5.91 Å². The van der Waals surface area contributed by atoms with E-state index < -0.39 is 11.7 Å². The highest BCUT2D eigenvalue weighted by Gasteiger charge is 2.29. The summed E-state index contributed by atoms with van der Waals surface area (Å²) in [4.78, 5) is 11.9. The van der Waals surface area contributed by atoms with Crippen molar-refractivity contribution in [1.29, 1.82) is 0 Å². The van der Waals surface area contributed by atoms with Gasteiger partial charge in [0.05, 0.1) is 11.8 Å². The Morgan fingerprint density at radius 3 is 1.92 bits per heavy atom. The summed E-state index contributed by atoms with van der Waals surface area (Å²) in [6.07, 6.45) is -2.95. The Balaban J connectivity index is 1.63. The van der Waals surface area contributed by atoms with Gasteiger partial charge in [0, 0.05) is 17.1 Å². The van der Waals surface area contributed by atoms with Gasteiger partial charge in [0.1, 0.15) is 0 Å². The average Bonchev–Trinajstić information content (AvgIpc) is 3.11. The molecule has 0 bridgehead atoms. The van der Waals surface area contributed by atoms with Gasteiger partial charge in [-0.25, -0.2) is 0 Å². The van der Waals surface area contributed by atoms with Crippen LogP contribution in [0.2, 0.25) is 0 Å². The van der Waals surface area contributed by atoms with Crippen LogP contribution in [0.15, 0.2) is 71.3 Å². The van der Waals surface area contributed by atoms with Gasteiger partial charge in [-0.3, -0.25) is 4.79 Å². The zero-order chi connectivity index (χ0) is 17.9. The Labute approximate surface area is 141 Å². The minimum atomic E-state index is -4.35. The van der Waals surface area contributed by atoms with Gasteiger partial charge < -0.3 is 15.1 Å². The number of amides is 1. The van der Waals surface area contributed by atoms with Crippen molar-refractivity contribution < 1.29 is 22.4 Å². The molecule has 0 saturated heterocycles. The molecule has 1 amide bonds. The monoisotopic (exact) mass is 346 g/mol. The highest BCUT2D eigenvalue weighted by atomic mass is 19.4. The number of carbonyl (C=O) groups excluding carboxylic acids is 1. The van der Waals surface area contributed by atoms with Gasteiger partial charge in [0.2, 0.25) is 0 Å². The van der Waals surface area contributed by atoms with Crippen molar-refractivity contribution in [2.45, 2.75) is 6.18 Å². The van der Waals surface area contributed by atoms with E-state index in [4.69, 9.17) is 4.42 Å². The number of rotatable bonds is 4. The van der Waals surface area contributed by atoms with Gasteiger partial charge in [-0.15, -0.1) is 0 Å². The predicted molar refractivity (Wildman–Crippen MR) is 87.8 cm³/mol. The molecule has 2 N–H and O–H groups in total. The lowest BCUT2D eigenvalue weighted by molar-refractivity contribution is -0.137. The minimum Gasteiger partial charge on any atom is -0.459 e. The SMILES string of the molecule is O=C(Nc1ccc(Nc2ccc(C(F)(F)F)cc2)cc1)c1ccco1. The molecule has 3 rings (SSSR count). The number of alkyl halides is 3. The molecule has 0 atom stereocenters. The normalized spacial score (nSPS) is 11.2. The van der Waals surface area contributed by atoms with Crippen molar-refractivity contribution in [2.24, 2.45) is 0 Å². The lowest BCUT2D eigenvalue weighted by Crippen LogP contribution is -2.10. The second-order valence-electron chi connectivity index (χ2n) is 5.21. The maximum Gasteiger partial charge on any atom is 0.416 e. The van der Waals surface area contributed by atoms with Crippen molar-refractivity contribution >= 4 is 23.0 Å². The molecule has 0 aliphatic heterocycles. The van der Waals surface area contributed by atoms with Gasteiger partial charge in [-0.2, -0.15) is 13.2 Å². The number of benzene rings is 2. The van der Waals surface area contributed by atoms with E-state index >= 15 is 0 Å². The number of halogens is 3. The van der Waals surface area contributed by atoms with E-state index in [1.807, 2.05) is 0 Å². The number of carbonyl (C=O) groups is 1. The number of hydrogen-bond acceptors (Lipinski definition) is 3. The summed E-state index contributed by atoms with van der Waals surface area (Å²) in [5.74, 6) is -0.166. The number of furan rings is 1. The van der Waals surface area contributed by atoms with Crippen molar-refractivity contribution in [2.75, 3.05) is 10.6 Å². The molecule has 3 aromatic rings. The highest BCUT2D eigenvalue weighted by molar-refractivity contribution is 6.02. The fraction of sp³-hybridized carbons (Fsp3) is 0.0556. The Hall–Kier alpha value is -3.22. The molecule has 0 spiro atoms. The van der Waals surface area contributed by atoms with Crippen LogP contribution in [0.1, 0.15) is 16.1 Å². The summed E-state index contributed by atoms with van der Waals surface area (Å²) in [5, 5.41) is 5.67. The third-order valence-corrected chi connectivity index (χ3v) is 3.39. The molecular formula is C18H13F3N2O2. The first-order chi connectivity index (χ1) is 11.9. The van der Waals surface area contributed by atoms with E-state index in [0.29, 0.717) is 17.1 Å². The lowest BCUT2D eigenvalue weighted by atomic mass is 10.2. The van der Waals surface area contributed by atoms with Crippen molar-refractivity contribution in [3.63, 3.8) is 0 Å². The number of hydrogen-bond donors (Lipinski definition) is 2. The van der Waals surface area contributed by atoms with Crippen molar-refractivity contribution in [1.82, 2.24) is 0 Å². The second kappa shape index (κ2) is 6.72. The first-order valence-corrected chi connectivity index (χ1v) is 7.31. The van der Waals surface area contributed by atoms with Crippen LogP contribution >= 0.6 is 0 Å². The maximum atomic E-state index is 12.5. The van der Waals surface area contributed by atoms with Crippen LogP contribution in [-0.2, 0) is 6.18 Å².